The number of rotatable bonds is 10. The smallest absolute Gasteiger partial charge is 0.271 e. The number of hydrogen-bond donors (Lipinski definition) is 0. The van der Waals surface area contributed by atoms with E-state index in [1.54, 1.807) is 30.3 Å². The number of benzene rings is 3. The lowest BCUT2D eigenvalue weighted by Crippen LogP contribution is -2.35. The van der Waals surface area contributed by atoms with Crippen LogP contribution < -0.4 is 18.5 Å². The summed E-state index contributed by atoms with van der Waals surface area (Å²) in [5.41, 5.74) is 0.800. The van der Waals surface area contributed by atoms with Crippen molar-refractivity contribution in [1.82, 2.24) is 0 Å². The van der Waals surface area contributed by atoms with E-state index in [9.17, 15) is 13.2 Å². The lowest BCUT2D eigenvalue weighted by Gasteiger charge is -2.21. The number of hydrogen-bond acceptors (Lipinski definition) is 6. The molecule has 0 fully saturated rings. The molecule has 7 nitrogen and oxygen atoms in total. The Morgan fingerprint density at radius 2 is 1.63 bits per heavy atom. The molecule has 184 valence electrons. The standard InChI is InChI=1S/C26H26ClNO6S/c1-4-17-34-24-15-5-19(18-25(24)33-3)6-16-26(29)28(21-9-11-22(32-2)12-10-21)35(30,31)23-13-7-20(27)8-14-23/h5-16,18H,4,17H2,1-3H3/b16-6+. The Labute approximate surface area is 210 Å². The first-order valence-electron chi connectivity index (χ1n) is 10.8. The molecular weight excluding hydrogens is 490 g/mol. The second-order valence-corrected chi connectivity index (χ2v) is 9.57. The minimum absolute atomic E-state index is 0.0708. The third-order valence-electron chi connectivity index (χ3n) is 4.93. The molecule has 0 aromatic heterocycles. The van der Waals surface area contributed by atoms with E-state index in [-0.39, 0.29) is 10.6 Å². The third-order valence-corrected chi connectivity index (χ3v) is 6.92. The Morgan fingerprint density at radius 3 is 2.23 bits per heavy atom. The van der Waals surface area contributed by atoms with Crippen molar-refractivity contribution in [3.63, 3.8) is 0 Å². The number of sulfonamides is 1. The normalized spacial score (nSPS) is 11.3. The Hall–Kier alpha value is -3.49. The maximum absolute atomic E-state index is 13.5. The molecule has 0 N–H and O–H groups in total. The summed E-state index contributed by atoms with van der Waals surface area (Å²) >= 11 is 5.92. The number of anilines is 1. The fourth-order valence-electron chi connectivity index (χ4n) is 3.17. The molecule has 0 atom stereocenters. The minimum Gasteiger partial charge on any atom is -0.497 e. The quantitative estimate of drug-likeness (QED) is 0.328. The molecule has 0 aliphatic rings. The van der Waals surface area contributed by atoms with Crippen molar-refractivity contribution in [2.75, 3.05) is 25.1 Å². The van der Waals surface area contributed by atoms with Crippen LogP contribution in [0.15, 0.2) is 77.7 Å². The summed E-state index contributed by atoms with van der Waals surface area (Å²) < 4.78 is 43.8. The van der Waals surface area contributed by atoms with Crippen molar-refractivity contribution >= 4 is 39.3 Å². The van der Waals surface area contributed by atoms with E-state index in [1.165, 1.54) is 62.8 Å². The van der Waals surface area contributed by atoms with Crippen molar-refractivity contribution < 1.29 is 27.4 Å². The molecule has 0 heterocycles. The molecule has 0 bridgehead atoms. The summed E-state index contributed by atoms with van der Waals surface area (Å²) in [5, 5.41) is 0.381. The molecule has 1 amide bonds. The Kier molecular flexibility index (Phi) is 8.78. The zero-order valence-corrected chi connectivity index (χ0v) is 21.2. The molecule has 0 unspecified atom stereocenters. The molecule has 0 radical (unpaired) electrons. The second-order valence-electron chi connectivity index (χ2n) is 7.35. The van der Waals surface area contributed by atoms with Crippen LogP contribution in [0.3, 0.4) is 0 Å². The summed E-state index contributed by atoms with van der Waals surface area (Å²) in [6.07, 6.45) is 3.56. The van der Waals surface area contributed by atoms with Crippen molar-refractivity contribution in [2.24, 2.45) is 0 Å². The number of methoxy groups -OCH3 is 2. The van der Waals surface area contributed by atoms with E-state index in [1.807, 2.05) is 6.92 Å². The Morgan fingerprint density at radius 1 is 0.943 bits per heavy atom. The predicted molar refractivity (Wildman–Crippen MR) is 137 cm³/mol. The van der Waals surface area contributed by atoms with Gasteiger partial charge in [-0.2, -0.15) is 4.31 Å². The van der Waals surface area contributed by atoms with Crippen LogP contribution in [0.5, 0.6) is 17.2 Å². The zero-order chi connectivity index (χ0) is 25.4. The topological polar surface area (TPSA) is 82.1 Å². The highest BCUT2D eigenvalue weighted by molar-refractivity contribution is 7.93. The number of amides is 1. The van der Waals surface area contributed by atoms with Crippen LogP contribution in [-0.2, 0) is 14.8 Å². The van der Waals surface area contributed by atoms with Crippen LogP contribution in [0.2, 0.25) is 5.02 Å². The molecule has 35 heavy (non-hydrogen) atoms. The number of ether oxygens (including phenoxy) is 3. The molecule has 0 saturated carbocycles. The Bertz CT molecular complexity index is 1290. The average molecular weight is 516 g/mol. The molecule has 0 saturated heterocycles. The molecular formula is C26H26ClNO6S. The summed E-state index contributed by atoms with van der Waals surface area (Å²) in [6, 6.07) is 17.0. The molecule has 9 heteroatoms. The van der Waals surface area contributed by atoms with Crippen molar-refractivity contribution in [3.8, 4) is 17.2 Å². The summed E-state index contributed by atoms with van der Waals surface area (Å²) in [7, 11) is -1.21. The summed E-state index contributed by atoms with van der Waals surface area (Å²) in [6.45, 7) is 2.55. The van der Waals surface area contributed by atoms with Gasteiger partial charge >= 0.3 is 0 Å². The van der Waals surface area contributed by atoms with E-state index in [4.69, 9.17) is 25.8 Å². The maximum atomic E-state index is 13.5. The molecule has 3 rings (SSSR count). The van der Waals surface area contributed by atoms with Gasteiger partial charge in [-0.15, -0.1) is 0 Å². The second kappa shape index (κ2) is 11.8. The maximum Gasteiger partial charge on any atom is 0.271 e. The van der Waals surface area contributed by atoms with Gasteiger partial charge in [0, 0.05) is 11.1 Å². The van der Waals surface area contributed by atoms with E-state index in [0.717, 1.165) is 10.7 Å². The van der Waals surface area contributed by atoms with Crippen LogP contribution >= 0.6 is 11.6 Å². The van der Waals surface area contributed by atoms with Crippen LogP contribution in [0.1, 0.15) is 18.9 Å². The monoisotopic (exact) mass is 515 g/mol. The van der Waals surface area contributed by atoms with E-state index in [2.05, 4.69) is 0 Å². The highest BCUT2D eigenvalue weighted by Crippen LogP contribution is 2.30. The first-order valence-corrected chi connectivity index (χ1v) is 12.6. The van der Waals surface area contributed by atoms with Gasteiger partial charge in [-0.3, -0.25) is 4.79 Å². The van der Waals surface area contributed by atoms with Gasteiger partial charge in [0.25, 0.3) is 15.9 Å². The lowest BCUT2D eigenvalue weighted by molar-refractivity contribution is -0.113. The third kappa shape index (κ3) is 6.35. The highest BCUT2D eigenvalue weighted by atomic mass is 35.5. The van der Waals surface area contributed by atoms with Crippen molar-refractivity contribution in [1.29, 1.82) is 0 Å². The zero-order valence-electron chi connectivity index (χ0n) is 19.6. The van der Waals surface area contributed by atoms with Gasteiger partial charge in [0.15, 0.2) is 11.5 Å². The molecule has 0 aliphatic heterocycles. The predicted octanol–water partition coefficient (Wildman–Crippen LogP) is 5.58. The lowest BCUT2D eigenvalue weighted by atomic mass is 10.2. The largest absolute Gasteiger partial charge is 0.497 e. The van der Waals surface area contributed by atoms with E-state index < -0.39 is 15.9 Å². The average Bonchev–Trinajstić information content (AvgIpc) is 2.87. The van der Waals surface area contributed by atoms with Gasteiger partial charge in [-0.1, -0.05) is 24.6 Å². The fourth-order valence-corrected chi connectivity index (χ4v) is 4.68. The number of carbonyl (C=O) groups is 1. The van der Waals surface area contributed by atoms with Crippen LogP contribution in [0.25, 0.3) is 6.08 Å². The summed E-state index contributed by atoms with van der Waals surface area (Å²) in [5.74, 6) is 0.866. The van der Waals surface area contributed by atoms with Gasteiger partial charge in [0.1, 0.15) is 5.75 Å². The highest BCUT2D eigenvalue weighted by Gasteiger charge is 2.29. The molecule has 3 aromatic rings. The van der Waals surface area contributed by atoms with Crippen LogP contribution in [-0.4, -0.2) is 35.2 Å². The van der Waals surface area contributed by atoms with Crippen LogP contribution in [0, 0.1) is 0 Å². The number of nitrogens with zero attached hydrogens (tertiary/aromatic N) is 1. The van der Waals surface area contributed by atoms with Crippen molar-refractivity contribution in [3.05, 3.63) is 83.4 Å². The van der Waals surface area contributed by atoms with E-state index >= 15 is 0 Å². The minimum atomic E-state index is -4.24. The van der Waals surface area contributed by atoms with Gasteiger partial charge in [-0.25, -0.2) is 8.42 Å². The van der Waals surface area contributed by atoms with E-state index in [0.29, 0.717) is 34.4 Å². The number of halogens is 1. The first-order chi connectivity index (χ1) is 16.8. The van der Waals surface area contributed by atoms with Gasteiger partial charge in [-0.05, 0) is 78.7 Å². The van der Waals surface area contributed by atoms with Gasteiger partial charge in [0.2, 0.25) is 0 Å². The van der Waals surface area contributed by atoms with Crippen molar-refractivity contribution in [2.45, 2.75) is 18.2 Å². The Balaban J connectivity index is 1.98. The van der Waals surface area contributed by atoms with Crippen LogP contribution in [0.4, 0.5) is 5.69 Å². The molecule has 3 aromatic carbocycles. The van der Waals surface area contributed by atoms with Gasteiger partial charge in [0.05, 0.1) is 31.4 Å². The molecule has 0 aliphatic carbocycles. The first kappa shape index (κ1) is 26.1. The van der Waals surface area contributed by atoms with Gasteiger partial charge < -0.3 is 14.2 Å². The summed E-state index contributed by atoms with van der Waals surface area (Å²) in [4.78, 5) is 13.2. The fraction of sp³-hybridized carbons (Fsp3) is 0.192. The molecule has 0 spiro atoms. The SMILES string of the molecule is CCCOc1ccc(/C=C/C(=O)N(c2ccc(OC)cc2)S(=O)(=O)c2ccc(Cl)cc2)cc1OC. The number of carbonyl (C=O) groups excluding carboxylic acids is 1.